The number of rotatable bonds is 0. The van der Waals surface area contributed by atoms with Gasteiger partial charge >= 0.3 is 0 Å². The molecule has 0 aliphatic heterocycles. The molecule has 1 heteroatoms. The van der Waals surface area contributed by atoms with Gasteiger partial charge in [-0.05, 0) is 35.1 Å². The Morgan fingerprint density at radius 2 is 0.875 bits per heavy atom. The molecule has 0 spiro atoms. The first kappa shape index (κ1) is 25.0. The smallest absolute Gasteiger partial charge is 0.0840 e. The van der Waals surface area contributed by atoms with Crippen LogP contribution < -0.4 is 0 Å². The lowest BCUT2D eigenvalue weighted by atomic mass is 10.00. The van der Waals surface area contributed by atoms with E-state index in [0.29, 0.717) is 0 Å². The summed E-state index contributed by atoms with van der Waals surface area (Å²) in [6, 6.07) is 17.0. The summed E-state index contributed by atoms with van der Waals surface area (Å²) < 4.78 is 0. The molecule has 0 N–H and O–H groups in total. The summed E-state index contributed by atoms with van der Waals surface area (Å²) in [5.74, 6) is 0. The molecule has 24 heavy (non-hydrogen) atoms. The van der Waals surface area contributed by atoms with Crippen LogP contribution in [0, 0.1) is 0 Å². The molecule has 0 radical (unpaired) electrons. The van der Waals surface area contributed by atoms with E-state index in [2.05, 4.69) is 48.5 Å². The molecule has 2 aromatic rings. The van der Waals surface area contributed by atoms with Crippen molar-refractivity contribution in [1.82, 2.24) is 0 Å². The third-order valence-electron chi connectivity index (χ3n) is 3.32. The van der Waals surface area contributed by atoms with Crippen LogP contribution in [0.25, 0.3) is 0 Å². The van der Waals surface area contributed by atoms with Gasteiger partial charge in [-0.1, -0.05) is 104 Å². The standard InChI is InChI=1S/C15H13Cl.4C2H6/c16-15-13-7-3-1-5-11(13)9-10-12-6-2-4-8-14(12)15;4*1-2/h1-8,15H,9-10H2;4*1-2H3. The van der Waals surface area contributed by atoms with E-state index < -0.39 is 0 Å². The molecule has 136 valence electrons. The van der Waals surface area contributed by atoms with Crippen LogP contribution in [0.4, 0.5) is 0 Å². The maximum atomic E-state index is 6.58. The maximum absolute atomic E-state index is 6.58. The molecule has 0 heterocycles. The predicted molar refractivity (Wildman–Crippen MR) is 113 cm³/mol. The number of fused-ring (bicyclic) bond motifs is 2. The Hall–Kier alpha value is -1.27. The largest absolute Gasteiger partial charge is 0.113 e. The average molecular weight is 349 g/mol. The van der Waals surface area contributed by atoms with E-state index in [9.17, 15) is 0 Å². The number of benzene rings is 2. The molecule has 0 nitrogen and oxygen atoms in total. The molecular weight excluding hydrogens is 312 g/mol. The van der Waals surface area contributed by atoms with Crippen molar-refractivity contribution in [2.45, 2.75) is 73.6 Å². The monoisotopic (exact) mass is 348 g/mol. The van der Waals surface area contributed by atoms with Gasteiger partial charge < -0.3 is 0 Å². The van der Waals surface area contributed by atoms with Gasteiger partial charge in [-0.25, -0.2) is 0 Å². The highest BCUT2D eigenvalue weighted by molar-refractivity contribution is 6.22. The molecule has 2 aromatic carbocycles. The van der Waals surface area contributed by atoms with Crippen LogP contribution in [0.3, 0.4) is 0 Å². The highest BCUT2D eigenvalue weighted by Crippen LogP contribution is 2.36. The molecular formula is C23H37Cl. The van der Waals surface area contributed by atoms with Gasteiger partial charge in [-0.2, -0.15) is 0 Å². The van der Waals surface area contributed by atoms with E-state index in [4.69, 9.17) is 11.6 Å². The van der Waals surface area contributed by atoms with Crippen molar-refractivity contribution >= 4 is 11.6 Å². The number of hydrogen-bond acceptors (Lipinski definition) is 0. The van der Waals surface area contributed by atoms with Crippen molar-refractivity contribution in [3.8, 4) is 0 Å². The van der Waals surface area contributed by atoms with Crippen molar-refractivity contribution in [2.75, 3.05) is 0 Å². The topological polar surface area (TPSA) is 0 Å². The fourth-order valence-corrected chi connectivity index (χ4v) is 2.88. The predicted octanol–water partition coefficient (Wildman–Crippen LogP) is 8.22. The van der Waals surface area contributed by atoms with Gasteiger partial charge in [-0.3, -0.25) is 0 Å². The minimum Gasteiger partial charge on any atom is -0.113 e. The SMILES string of the molecule is CC.CC.CC.CC.ClC1c2ccccc2CCc2ccccc21. The summed E-state index contributed by atoms with van der Waals surface area (Å²) in [5, 5.41) is 0.00917. The fourth-order valence-electron chi connectivity index (χ4n) is 2.46. The first-order valence-corrected chi connectivity index (χ1v) is 10.1. The zero-order valence-corrected chi connectivity index (χ0v) is 17.7. The lowest BCUT2D eigenvalue weighted by Gasteiger charge is -2.12. The van der Waals surface area contributed by atoms with Crippen molar-refractivity contribution < 1.29 is 0 Å². The Morgan fingerprint density at radius 1 is 0.583 bits per heavy atom. The quantitative estimate of drug-likeness (QED) is 0.420. The van der Waals surface area contributed by atoms with Crippen molar-refractivity contribution in [3.63, 3.8) is 0 Å². The Morgan fingerprint density at radius 3 is 1.21 bits per heavy atom. The van der Waals surface area contributed by atoms with E-state index in [0.717, 1.165) is 12.8 Å². The zero-order chi connectivity index (χ0) is 19.0. The molecule has 0 aromatic heterocycles. The molecule has 0 unspecified atom stereocenters. The summed E-state index contributed by atoms with van der Waals surface area (Å²) in [6.07, 6.45) is 2.19. The molecule has 0 saturated heterocycles. The van der Waals surface area contributed by atoms with Crippen LogP contribution in [-0.2, 0) is 12.8 Å². The Bertz CT molecular complexity index is 469. The average Bonchev–Trinajstić information content (AvgIpc) is 2.86. The van der Waals surface area contributed by atoms with Gasteiger partial charge in [0.15, 0.2) is 0 Å². The van der Waals surface area contributed by atoms with E-state index >= 15 is 0 Å². The highest BCUT2D eigenvalue weighted by Gasteiger charge is 2.20. The molecule has 1 aliphatic carbocycles. The van der Waals surface area contributed by atoms with Crippen LogP contribution in [0.15, 0.2) is 48.5 Å². The summed E-state index contributed by atoms with van der Waals surface area (Å²) >= 11 is 6.58. The van der Waals surface area contributed by atoms with Crippen molar-refractivity contribution in [2.24, 2.45) is 0 Å². The maximum Gasteiger partial charge on any atom is 0.0840 e. The van der Waals surface area contributed by atoms with Gasteiger partial charge in [0.2, 0.25) is 0 Å². The molecule has 0 amide bonds. The van der Waals surface area contributed by atoms with E-state index in [-0.39, 0.29) is 5.38 Å². The van der Waals surface area contributed by atoms with Crippen molar-refractivity contribution in [1.29, 1.82) is 0 Å². The van der Waals surface area contributed by atoms with E-state index in [1.165, 1.54) is 22.3 Å². The lowest BCUT2D eigenvalue weighted by molar-refractivity contribution is 0.965. The van der Waals surface area contributed by atoms with Crippen LogP contribution in [0.2, 0.25) is 0 Å². The number of halogens is 1. The van der Waals surface area contributed by atoms with Gasteiger partial charge in [0.05, 0.1) is 5.38 Å². The van der Waals surface area contributed by atoms with Gasteiger partial charge in [0, 0.05) is 0 Å². The second kappa shape index (κ2) is 16.6. The number of hydrogen-bond donors (Lipinski definition) is 0. The second-order valence-electron chi connectivity index (χ2n) is 4.26. The van der Waals surface area contributed by atoms with Crippen LogP contribution in [-0.4, -0.2) is 0 Å². The van der Waals surface area contributed by atoms with E-state index in [1.54, 1.807) is 0 Å². The fraction of sp³-hybridized carbons (Fsp3) is 0.478. The summed E-state index contributed by atoms with van der Waals surface area (Å²) in [4.78, 5) is 0. The Labute approximate surface area is 156 Å². The van der Waals surface area contributed by atoms with Gasteiger partial charge in [0.25, 0.3) is 0 Å². The Kier molecular flexibility index (Phi) is 17.3. The minimum atomic E-state index is 0.00917. The summed E-state index contributed by atoms with van der Waals surface area (Å²) in [6.45, 7) is 16.0. The minimum absolute atomic E-state index is 0.00917. The molecule has 0 saturated carbocycles. The molecule has 0 fully saturated rings. The van der Waals surface area contributed by atoms with Crippen LogP contribution in [0.1, 0.15) is 83.0 Å². The van der Waals surface area contributed by atoms with E-state index in [1.807, 2.05) is 55.4 Å². The van der Waals surface area contributed by atoms with Crippen LogP contribution >= 0.6 is 11.6 Å². The summed E-state index contributed by atoms with van der Waals surface area (Å²) in [7, 11) is 0. The van der Waals surface area contributed by atoms with Crippen LogP contribution in [0.5, 0.6) is 0 Å². The molecule has 0 bridgehead atoms. The number of aryl methyl sites for hydroxylation is 2. The highest BCUT2D eigenvalue weighted by atomic mass is 35.5. The third-order valence-corrected chi connectivity index (χ3v) is 3.79. The first-order valence-electron chi connectivity index (χ1n) is 9.66. The molecule has 1 aliphatic rings. The number of alkyl halides is 1. The Balaban J connectivity index is 0. The van der Waals surface area contributed by atoms with Gasteiger partial charge in [-0.15, -0.1) is 11.6 Å². The second-order valence-corrected chi connectivity index (χ2v) is 4.70. The first-order chi connectivity index (χ1) is 11.9. The van der Waals surface area contributed by atoms with Crippen molar-refractivity contribution in [3.05, 3.63) is 70.8 Å². The zero-order valence-electron chi connectivity index (χ0n) is 17.0. The molecule has 0 atom stereocenters. The molecule has 3 rings (SSSR count). The third kappa shape index (κ3) is 7.09. The lowest BCUT2D eigenvalue weighted by Crippen LogP contribution is -1.95. The normalized spacial score (nSPS) is 11.0. The van der Waals surface area contributed by atoms with Gasteiger partial charge in [0.1, 0.15) is 0 Å². The summed E-state index contributed by atoms with van der Waals surface area (Å²) in [5.41, 5.74) is 5.32.